The number of thioether (sulfide) groups is 8. The van der Waals surface area contributed by atoms with Gasteiger partial charge in [0.05, 0.1) is 49.3 Å². The number of rotatable bonds is 72. The summed E-state index contributed by atoms with van der Waals surface area (Å²) in [5.74, 6) is 15.2. The van der Waals surface area contributed by atoms with Gasteiger partial charge in [0.1, 0.15) is 0 Å². The van der Waals surface area contributed by atoms with Crippen LogP contribution in [0.15, 0.2) is 0 Å². The molecule has 4 saturated carbocycles. The molecule has 16 atom stereocenters. The summed E-state index contributed by atoms with van der Waals surface area (Å²) in [5, 5.41) is 44.9. The van der Waals surface area contributed by atoms with Crippen molar-refractivity contribution in [1.82, 2.24) is 42.5 Å². The van der Waals surface area contributed by atoms with Gasteiger partial charge < -0.3 is 0 Å². The van der Waals surface area contributed by atoms with Gasteiger partial charge in [-0.2, -0.15) is 94.1 Å². The van der Waals surface area contributed by atoms with Crippen molar-refractivity contribution in [2.75, 3.05) is 46.0 Å². The summed E-state index contributed by atoms with van der Waals surface area (Å²) in [6.07, 6.45) is 91.7. The summed E-state index contributed by atoms with van der Waals surface area (Å²) < 4.78 is 0. The Morgan fingerprint density at radius 1 is 0.133 bits per heavy atom. The minimum Gasteiger partial charge on any atom is -0.286 e. The van der Waals surface area contributed by atoms with Crippen molar-refractivity contribution in [2.45, 2.75) is 558 Å². The van der Waals surface area contributed by atoms with Crippen molar-refractivity contribution < 1.29 is 0 Å². The minimum atomic E-state index is 0.254. The largest absolute Gasteiger partial charge is 0.286 e. The third-order valence-electron chi connectivity index (χ3n) is 30.7. The average Bonchev–Trinajstić information content (AvgIpc) is 1.58. The molecule has 4 aliphatic carbocycles. The van der Waals surface area contributed by atoms with Crippen molar-refractivity contribution >= 4 is 94.1 Å². The van der Waals surface area contributed by atoms with E-state index in [1.807, 2.05) is 0 Å². The first-order valence-corrected chi connectivity index (χ1v) is 62.8. The predicted molar refractivity (Wildman–Crippen MR) is 554 cm³/mol. The van der Waals surface area contributed by atoms with E-state index in [-0.39, 0.29) is 49.3 Å². The summed E-state index contributed by atoms with van der Waals surface area (Å²) in [4.78, 5) is 0. The minimum absolute atomic E-state index is 0.254. The van der Waals surface area contributed by atoms with Crippen LogP contribution in [-0.4, -0.2) is 137 Å². The summed E-state index contributed by atoms with van der Waals surface area (Å²) in [6.45, 7) is 19.1. The third-order valence-corrected chi connectivity index (χ3v) is 42.8. The molecule has 704 valence electrons. The van der Waals surface area contributed by atoms with Gasteiger partial charge in [-0.05, 0) is 149 Å². The molecule has 8 N–H and O–H groups in total. The Kier molecular flexibility index (Phi) is 59.1. The SMILES string of the molecule is CCCCCCCCCSC1CCC(SCCCCCCCCC)C2C3NC(NC4NC(NC5NC(NC6NC(N3)C3C(SCCCCCCCCC)CCC(SCCCCCCCCC)C63)C3C(SCCCCCCCCC)CCC(SCCCCCCCCC)C53)C3C(SCCCCCCCCC)CCC(SCCCCCCCCC)C43)C12. The second-order valence-electron chi connectivity index (χ2n) is 40.3. The molecule has 16 heteroatoms. The zero-order valence-electron chi connectivity index (χ0n) is 80.0. The van der Waals surface area contributed by atoms with Gasteiger partial charge in [-0.3, -0.25) is 42.5 Å². The molecule has 0 aromatic rings. The van der Waals surface area contributed by atoms with Crippen LogP contribution in [0.1, 0.15) is 466 Å². The van der Waals surface area contributed by atoms with Crippen molar-refractivity contribution in [1.29, 1.82) is 0 Å². The Balaban J connectivity index is 1.15. The van der Waals surface area contributed by atoms with Crippen LogP contribution in [0.4, 0.5) is 0 Å². The first-order chi connectivity index (χ1) is 59.4. The first kappa shape index (κ1) is 106. The summed E-state index contributed by atoms with van der Waals surface area (Å²) >= 11 is 19.8. The van der Waals surface area contributed by atoms with Crippen molar-refractivity contribution in [2.24, 2.45) is 47.3 Å². The lowest BCUT2D eigenvalue weighted by Gasteiger charge is -2.45. The third kappa shape index (κ3) is 37.4. The fraction of sp³-hybridized carbons (Fsp3) is 1.00. The molecule has 0 aromatic carbocycles. The van der Waals surface area contributed by atoms with Crippen LogP contribution in [0.25, 0.3) is 0 Å². The second-order valence-corrected chi connectivity index (χ2v) is 51.1. The van der Waals surface area contributed by atoms with Gasteiger partial charge in [0, 0.05) is 89.3 Å². The summed E-state index contributed by atoms with van der Waals surface area (Å²) in [5.41, 5.74) is 0. The van der Waals surface area contributed by atoms with Crippen LogP contribution in [-0.2, 0) is 0 Å². The van der Waals surface area contributed by atoms with Gasteiger partial charge in [0.2, 0.25) is 0 Å². The Hall–Kier alpha value is 2.48. The zero-order chi connectivity index (χ0) is 84.1. The van der Waals surface area contributed by atoms with Crippen LogP contribution < -0.4 is 42.5 Å². The summed E-state index contributed by atoms with van der Waals surface area (Å²) in [6, 6.07) is 0. The molecule has 5 saturated heterocycles. The lowest BCUT2D eigenvalue weighted by Crippen LogP contribution is -2.62. The first-order valence-electron chi connectivity index (χ1n) is 54.4. The van der Waals surface area contributed by atoms with Crippen molar-refractivity contribution in [3.05, 3.63) is 0 Å². The molecular weight excluding hydrogens is 1620 g/mol. The molecule has 8 nitrogen and oxygen atoms in total. The second kappa shape index (κ2) is 66.8. The number of hydrogen-bond donors (Lipinski definition) is 8. The van der Waals surface area contributed by atoms with E-state index in [0.29, 0.717) is 89.3 Å². The summed E-state index contributed by atoms with van der Waals surface area (Å²) in [7, 11) is 0. The molecule has 16 unspecified atom stereocenters. The van der Waals surface area contributed by atoms with Crippen LogP contribution in [0.2, 0.25) is 0 Å². The highest BCUT2D eigenvalue weighted by Crippen LogP contribution is 2.56. The molecule has 5 heterocycles. The van der Waals surface area contributed by atoms with Gasteiger partial charge in [-0.15, -0.1) is 0 Å². The van der Waals surface area contributed by atoms with E-state index in [1.54, 1.807) is 0 Å². The Morgan fingerprint density at radius 2 is 0.225 bits per heavy atom. The number of unbranched alkanes of at least 4 members (excludes halogenated alkanes) is 48. The van der Waals surface area contributed by atoms with Crippen LogP contribution in [0.3, 0.4) is 0 Å². The van der Waals surface area contributed by atoms with Gasteiger partial charge in [0.15, 0.2) is 0 Å². The molecule has 8 bridgehead atoms. The molecule has 9 aliphatic rings. The maximum Gasteiger partial charge on any atom is 0.0639 e. The fourth-order valence-electron chi connectivity index (χ4n) is 23.9. The monoisotopic (exact) mass is 1820 g/mol. The van der Waals surface area contributed by atoms with E-state index in [2.05, 4.69) is 149 Å². The smallest absolute Gasteiger partial charge is 0.0639 e. The Labute approximate surface area is 781 Å². The van der Waals surface area contributed by atoms with Crippen LogP contribution in [0, 0.1) is 47.3 Å². The molecule has 5 aliphatic heterocycles. The predicted octanol–water partition coefficient (Wildman–Crippen LogP) is 30.3. The lowest BCUT2D eigenvalue weighted by atomic mass is 9.75. The van der Waals surface area contributed by atoms with E-state index in [1.165, 1.54) is 457 Å². The topological polar surface area (TPSA) is 96.2 Å². The van der Waals surface area contributed by atoms with Crippen LogP contribution in [0.5, 0.6) is 0 Å². The van der Waals surface area contributed by atoms with E-state index in [0.717, 1.165) is 0 Å². The highest BCUT2D eigenvalue weighted by molar-refractivity contribution is 8.01. The quantitative estimate of drug-likeness (QED) is 0.0278. The number of nitrogens with one attached hydrogen (secondary N) is 8. The Bertz CT molecular complexity index is 1950. The molecular formula is C104H200N8S8. The number of hydrogen-bond acceptors (Lipinski definition) is 16. The molecule has 0 radical (unpaired) electrons. The van der Waals surface area contributed by atoms with E-state index in [4.69, 9.17) is 42.5 Å². The molecule has 120 heavy (non-hydrogen) atoms. The van der Waals surface area contributed by atoms with Gasteiger partial charge >= 0.3 is 0 Å². The maximum absolute atomic E-state index is 5.00. The number of fused-ring (bicyclic) bond motifs is 20. The van der Waals surface area contributed by atoms with E-state index >= 15 is 0 Å². The molecule has 0 spiro atoms. The molecule has 9 fully saturated rings. The molecule has 0 aromatic heterocycles. The van der Waals surface area contributed by atoms with E-state index < -0.39 is 0 Å². The average molecular weight is 1820 g/mol. The molecule has 9 rings (SSSR count). The standard InChI is InChI=1S/C104H200N8S8/c1-9-17-25-33-41-49-57-73-113-81-65-66-82(114-74-58-50-42-34-26-18-10-2)90-89(81)97-105-98(90)110-100-93-85(117-77-61-53-45-37-29-21-13-5)69-70-86(118-78-62-54-46-38-30-22-14-6)94(93)102(107-100)112-104-96-88(120-80-64-56-48-40-32-24-16-8)72-71-87(119-79-63-55-47-39-31-23-15-7)95(96)103(108-104)111-101-92-84(116-76-60-52-44-36-28-20-12-4)68-67-83(91(92)99(106-101)109-97)115-75-59-51-43-35-27-19-11-3/h81-112H,9-80H2,1-8H3. The van der Waals surface area contributed by atoms with E-state index in [9.17, 15) is 0 Å². The fourth-order valence-corrected chi connectivity index (χ4v) is 36.2. The van der Waals surface area contributed by atoms with Gasteiger partial charge in [0.25, 0.3) is 0 Å². The molecule has 0 amide bonds. The van der Waals surface area contributed by atoms with Crippen molar-refractivity contribution in [3.63, 3.8) is 0 Å². The Morgan fingerprint density at radius 3 is 0.325 bits per heavy atom. The highest BCUT2D eigenvalue weighted by atomic mass is 32.2. The lowest BCUT2D eigenvalue weighted by molar-refractivity contribution is 0.182. The normalized spacial score (nSPS) is 32.2. The van der Waals surface area contributed by atoms with Crippen molar-refractivity contribution in [3.8, 4) is 0 Å². The van der Waals surface area contributed by atoms with Crippen LogP contribution >= 0.6 is 94.1 Å². The maximum atomic E-state index is 5.00. The zero-order valence-corrected chi connectivity index (χ0v) is 86.6. The van der Waals surface area contributed by atoms with Gasteiger partial charge in [-0.1, -0.05) is 364 Å². The highest BCUT2D eigenvalue weighted by Gasteiger charge is 2.62. The van der Waals surface area contributed by atoms with Gasteiger partial charge in [-0.25, -0.2) is 0 Å².